The van der Waals surface area contributed by atoms with E-state index in [0.29, 0.717) is 4.88 Å². The third-order valence-electron chi connectivity index (χ3n) is 5.08. The summed E-state index contributed by atoms with van der Waals surface area (Å²) in [7, 11) is -4.50. The molecule has 2 N–H and O–H groups in total. The molecule has 1 aliphatic heterocycles. The minimum Gasteiger partial charge on any atom is -0.376 e. The van der Waals surface area contributed by atoms with Crippen LogP contribution in [0.4, 0.5) is 17.6 Å². The third kappa shape index (κ3) is 3.77. The van der Waals surface area contributed by atoms with Crippen LogP contribution in [0.15, 0.2) is 59.2 Å². The maximum atomic E-state index is 14.6. The van der Waals surface area contributed by atoms with Crippen molar-refractivity contribution in [1.82, 2.24) is 9.88 Å². The highest BCUT2D eigenvalue weighted by Gasteiger charge is 2.50. The zero-order valence-corrected chi connectivity index (χ0v) is 18.7. The molecule has 1 unspecified atom stereocenters. The molecule has 0 spiro atoms. The summed E-state index contributed by atoms with van der Waals surface area (Å²) in [5, 5.41) is 0. The Kier molecular flexibility index (Phi) is 5.60. The number of benzene rings is 2. The van der Waals surface area contributed by atoms with Gasteiger partial charge in [-0.2, -0.15) is 21.6 Å². The number of halogens is 4. The van der Waals surface area contributed by atoms with Crippen molar-refractivity contribution in [2.24, 2.45) is 10.7 Å². The molecule has 0 radical (unpaired) electrons. The van der Waals surface area contributed by atoms with Crippen molar-refractivity contribution in [3.63, 3.8) is 0 Å². The summed E-state index contributed by atoms with van der Waals surface area (Å²) >= 11 is 1.17. The number of carbonyl (C=O) groups is 1. The van der Waals surface area contributed by atoms with Gasteiger partial charge in [-0.05, 0) is 35.4 Å². The summed E-state index contributed by atoms with van der Waals surface area (Å²) < 4.78 is 79.1. The van der Waals surface area contributed by atoms with Crippen molar-refractivity contribution in [2.45, 2.75) is 11.0 Å². The van der Waals surface area contributed by atoms with Crippen molar-refractivity contribution in [3.05, 3.63) is 71.1 Å². The smallest absolute Gasteiger partial charge is 0.376 e. The third-order valence-corrected chi connectivity index (χ3v) is 6.87. The molecule has 0 saturated carbocycles. The molecule has 4 rings (SSSR count). The molecule has 0 aliphatic carbocycles. The summed E-state index contributed by atoms with van der Waals surface area (Å²) in [6.45, 7) is 0. The molecular weight excluding hydrogens is 500 g/mol. The number of carbonyl (C=O) groups excluding carboxylic acids is 1. The summed E-state index contributed by atoms with van der Waals surface area (Å²) in [5.41, 5.74) is 0.513. The molecule has 2 heterocycles. The molecular formula is C20H14F4N4O4S2. The number of nitrogens with zero attached hydrogens (tertiary/aromatic N) is 3. The van der Waals surface area contributed by atoms with Crippen molar-refractivity contribution in [1.29, 1.82) is 0 Å². The molecule has 1 aliphatic rings. The summed E-state index contributed by atoms with van der Waals surface area (Å²) in [6.07, 6.45) is 1.45. The van der Waals surface area contributed by atoms with Gasteiger partial charge in [-0.25, -0.2) is 9.38 Å². The minimum atomic E-state index is -5.88. The van der Waals surface area contributed by atoms with Crippen LogP contribution in [-0.4, -0.2) is 42.7 Å². The van der Waals surface area contributed by atoms with Gasteiger partial charge in [0.1, 0.15) is 11.6 Å². The number of amides is 1. The van der Waals surface area contributed by atoms with Crippen molar-refractivity contribution >= 4 is 33.3 Å². The summed E-state index contributed by atoms with van der Waals surface area (Å²) in [5.74, 6) is -1.95. The lowest BCUT2D eigenvalue weighted by Gasteiger charge is -2.26. The maximum Gasteiger partial charge on any atom is 0.534 e. The number of hydrogen-bond acceptors (Lipinski definition) is 8. The molecule has 2 aromatic carbocycles. The Morgan fingerprint density at radius 3 is 2.29 bits per heavy atom. The van der Waals surface area contributed by atoms with E-state index in [2.05, 4.69) is 14.2 Å². The average Bonchev–Trinajstić information content (AvgIpc) is 3.38. The van der Waals surface area contributed by atoms with Crippen LogP contribution in [0, 0.1) is 5.82 Å². The Balaban J connectivity index is 1.84. The van der Waals surface area contributed by atoms with E-state index < -0.39 is 38.6 Å². The first-order chi connectivity index (χ1) is 15.9. The predicted octanol–water partition coefficient (Wildman–Crippen LogP) is 3.21. The highest BCUT2D eigenvalue weighted by Crippen LogP contribution is 2.42. The second kappa shape index (κ2) is 8.06. The van der Waals surface area contributed by atoms with E-state index in [-0.39, 0.29) is 22.6 Å². The van der Waals surface area contributed by atoms with Crippen LogP contribution in [0.2, 0.25) is 0 Å². The van der Waals surface area contributed by atoms with Crippen LogP contribution in [0.5, 0.6) is 5.75 Å². The van der Waals surface area contributed by atoms with Crippen LogP contribution in [-0.2, 0) is 20.5 Å². The highest BCUT2D eigenvalue weighted by atomic mass is 32.2. The second-order valence-electron chi connectivity index (χ2n) is 7.11. The Hall–Kier alpha value is -3.52. The molecule has 34 heavy (non-hydrogen) atoms. The first-order valence-electron chi connectivity index (χ1n) is 9.30. The predicted molar refractivity (Wildman–Crippen MR) is 115 cm³/mol. The first-order valence-corrected chi connectivity index (χ1v) is 11.6. The van der Waals surface area contributed by atoms with E-state index in [4.69, 9.17) is 5.73 Å². The molecule has 1 atom stereocenters. The van der Waals surface area contributed by atoms with Gasteiger partial charge in [-0.15, -0.1) is 11.3 Å². The fourth-order valence-electron chi connectivity index (χ4n) is 3.40. The van der Waals surface area contributed by atoms with Gasteiger partial charge in [0.25, 0.3) is 5.91 Å². The Bertz CT molecular complexity index is 1390. The van der Waals surface area contributed by atoms with E-state index >= 15 is 0 Å². The fourth-order valence-corrected chi connectivity index (χ4v) is 4.50. The van der Waals surface area contributed by atoms with E-state index in [1.54, 1.807) is 0 Å². The number of aliphatic imine (C=N–C) groups is 1. The van der Waals surface area contributed by atoms with Gasteiger partial charge in [0, 0.05) is 18.8 Å². The molecule has 14 heteroatoms. The normalized spacial score (nSPS) is 18.8. The van der Waals surface area contributed by atoms with Crippen molar-refractivity contribution in [2.75, 3.05) is 7.05 Å². The summed E-state index contributed by atoms with van der Waals surface area (Å²) in [4.78, 5) is 23.1. The topological polar surface area (TPSA) is 115 Å². The molecule has 1 aromatic heterocycles. The van der Waals surface area contributed by atoms with Gasteiger partial charge >= 0.3 is 15.6 Å². The second-order valence-corrected chi connectivity index (χ2v) is 9.54. The lowest BCUT2D eigenvalue weighted by molar-refractivity contribution is -0.129. The van der Waals surface area contributed by atoms with Gasteiger partial charge in [0.15, 0.2) is 11.5 Å². The number of alkyl halides is 3. The number of hydrogen-bond donors (Lipinski definition) is 1. The van der Waals surface area contributed by atoms with Crippen LogP contribution in [0.1, 0.15) is 11.1 Å². The van der Waals surface area contributed by atoms with Crippen molar-refractivity contribution in [3.8, 4) is 16.2 Å². The molecule has 3 aromatic rings. The fraction of sp³-hybridized carbons (Fsp3) is 0.150. The number of nitrogens with two attached hydrogens (primary N) is 1. The van der Waals surface area contributed by atoms with Gasteiger partial charge < -0.3 is 9.92 Å². The lowest BCUT2D eigenvalue weighted by atomic mass is 9.82. The zero-order valence-electron chi connectivity index (χ0n) is 17.1. The number of thiazole rings is 1. The number of aromatic nitrogens is 1. The van der Waals surface area contributed by atoms with E-state index in [0.717, 1.165) is 23.1 Å². The number of guanidine groups is 1. The van der Waals surface area contributed by atoms with Gasteiger partial charge in [-0.3, -0.25) is 14.7 Å². The number of rotatable bonds is 5. The largest absolute Gasteiger partial charge is 0.534 e. The highest BCUT2D eigenvalue weighted by molar-refractivity contribution is 7.88. The average molecular weight is 514 g/mol. The molecule has 178 valence electrons. The van der Waals surface area contributed by atoms with Gasteiger partial charge in [0.2, 0.25) is 0 Å². The molecule has 0 fully saturated rings. The van der Waals surface area contributed by atoms with E-state index in [1.165, 1.54) is 54.4 Å². The van der Waals surface area contributed by atoms with Crippen molar-refractivity contribution < 1.29 is 35.0 Å². The quantitative estimate of drug-likeness (QED) is 0.318. The molecule has 8 nitrogen and oxygen atoms in total. The minimum absolute atomic E-state index is 0.142. The van der Waals surface area contributed by atoms with Gasteiger partial charge in [0.05, 0.1) is 10.4 Å². The van der Waals surface area contributed by atoms with Gasteiger partial charge in [-0.1, -0.05) is 18.2 Å². The van der Waals surface area contributed by atoms with Crippen LogP contribution in [0.25, 0.3) is 10.4 Å². The first kappa shape index (κ1) is 23.6. The Labute approximate surface area is 194 Å². The lowest BCUT2D eigenvalue weighted by Crippen LogP contribution is -2.41. The zero-order chi connectivity index (χ0) is 24.9. The van der Waals surface area contributed by atoms with Crippen LogP contribution >= 0.6 is 11.3 Å². The van der Waals surface area contributed by atoms with E-state index in [9.17, 15) is 30.8 Å². The molecule has 1 amide bonds. The molecule has 0 saturated heterocycles. The SMILES string of the molecule is CN1C(=O)C(c2ccc(OS(=O)(=O)C(F)(F)F)cc2)(c2ccc(F)c(-c3cncs3)c2)N=C1N. The maximum absolute atomic E-state index is 14.6. The Morgan fingerprint density at radius 1 is 1.12 bits per heavy atom. The number of likely N-dealkylation sites (N-methyl/N-ethyl adjacent to an activating group) is 1. The molecule has 0 bridgehead atoms. The summed E-state index contributed by atoms with van der Waals surface area (Å²) in [6, 6.07) is 8.17. The monoisotopic (exact) mass is 514 g/mol. The van der Waals surface area contributed by atoms with Crippen LogP contribution < -0.4 is 9.92 Å². The van der Waals surface area contributed by atoms with Crippen LogP contribution in [0.3, 0.4) is 0 Å². The Morgan fingerprint density at radius 2 is 1.76 bits per heavy atom. The standard InChI is InChI=1S/C20H14F4N4O4S2/c1-28-17(29)19(27-18(28)25,12-4-7-15(21)14(8-12)16-9-26-10-33-16)11-2-5-13(6-3-11)32-34(30,31)20(22,23)24/h2-10H,1H3,(H2,25,27). The van der Waals surface area contributed by atoms with E-state index in [1.807, 2.05) is 0 Å².